The average Bonchev–Trinajstić information content (AvgIpc) is 2.34. The molecule has 0 atom stereocenters. The summed E-state index contributed by atoms with van der Waals surface area (Å²) in [5.41, 5.74) is -2.93. The molecule has 0 aliphatic heterocycles. The van der Waals surface area contributed by atoms with Crippen molar-refractivity contribution in [3.8, 4) is 0 Å². The van der Waals surface area contributed by atoms with E-state index in [0.29, 0.717) is 0 Å². The minimum absolute atomic E-state index is 0.494. The van der Waals surface area contributed by atoms with E-state index in [0.717, 1.165) is 0 Å². The highest BCUT2D eigenvalue weighted by Gasteiger charge is 2.34. The van der Waals surface area contributed by atoms with E-state index < -0.39 is 52.5 Å². The van der Waals surface area contributed by atoms with Crippen molar-refractivity contribution in [2.45, 2.75) is 45.2 Å². The van der Waals surface area contributed by atoms with Crippen LogP contribution in [0.5, 0.6) is 0 Å². The third kappa shape index (κ3) is 6.63. The molecular formula is C11H18N2O8. The molecule has 0 heterocycles. The molecule has 0 saturated carbocycles. The van der Waals surface area contributed by atoms with Crippen molar-refractivity contribution in [1.82, 2.24) is 0 Å². The molecule has 120 valence electrons. The van der Waals surface area contributed by atoms with Gasteiger partial charge in [0.25, 0.3) is 0 Å². The maximum absolute atomic E-state index is 11.3. The molecular weight excluding hydrogens is 288 g/mol. The third-order valence-electron chi connectivity index (χ3n) is 2.45. The van der Waals surface area contributed by atoms with Crippen LogP contribution in [0.25, 0.3) is 0 Å². The van der Waals surface area contributed by atoms with Gasteiger partial charge in [-0.1, -0.05) is 0 Å². The normalized spacial score (nSPS) is 11.6. The zero-order chi connectivity index (χ0) is 16.8. The van der Waals surface area contributed by atoms with Crippen LogP contribution in [0.3, 0.4) is 0 Å². The molecule has 0 aromatic carbocycles. The summed E-state index contributed by atoms with van der Waals surface area (Å²) in [5.74, 6) is -1.98. The number of hydrogen-bond acceptors (Lipinski definition) is 8. The van der Waals surface area contributed by atoms with Crippen molar-refractivity contribution < 1.29 is 28.9 Å². The first-order valence-corrected chi connectivity index (χ1v) is 5.99. The van der Waals surface area contributed by atoms with E-state index in [2.05, 4.69) is 9.47 Å². The molecule has 0 unspecified atom stereocenters. The van der Waals surface area contributed by atoms with Gasteiger partial charge in [-0.05, 0) is 0 Å². The lowest BCUT2D eigenvalue weighted by atomic mass is 10.1. The molecule has 10 nitrogen and oxygen atoms in total. The summed E-state index contributed by atoms with van der Waals surface area (Å²) in [6.45, 7) is 4.06. The Hall–Kier alpha value is -2.26. The SMILES string of the molecule is CC(C)(COC(=O)CC(=O)OCC(C)(C)[N+](=O)[O-])[N+](=O)[O-]. The summed E-state index contributed by atoms with van der Waals surface area (Å²) in [6.07, 6.45) is -0.762. The van der Waals surface area contributed by atoms with Crippen LogP contribution in [0.15, 0.2) is 0 Å². The second-order valence-electron chi connectivity index (χ2n) is 5.64. The molecule has 10 heteroatoms. The summed E-state index contributed by atoms with van der Waals surface area (Å²) in [7, 11) is 0. The van der Waals surface area contributed by atoms with Gasteiger partial charge in [0, 0.05) is 37.5 Å². The standard InChI is InChI=1S/C11H18N2O8/c1-10(2,12(16)17)6-20-8(14)5-9(15)21-7-11(3,4)13(18)19/h5-7H2,1-4H3. The van der Waals surface area contributed by atoms with Gasteiger partial charge in [0.15, 0.2) is 13.2 Å². The number of carbonyl (C=O) groups is 2. The third-order valence-corrected chi connectivity index (χ3v) is 2.45. The molecule has 0 aromatic heterocycles. The van der Waals surface area contributed by atoms with Crippen LogP contribution in [0, 0.1) is 20.2 Å². The van der Waals surface area contributed by atoms with Gasteiger partial charge in [-0.25, -0.2) is 0 Å². The maximum Gasteiger partial charge on any atom is 0.317 e. The maximum atomic E-state index is 11.3. The number of nitro groups is 2. The molecule has 0 bridgehead atoms. The van der Waals surface area contributed by atoms with Crippen LogP contribution in [-0.4, -0.2) is 46.1 Å². The van der Waals surface area contributed by atoms with E-state index in [1.807, 2.05) is 0 Å². The topological polar surface area (TPSA) is 139 Å². The van der Waals surface area contributed by atoms with Crippen molar-refractivity contribution >= 4 is 11.9 Å². The van der Waals surface area contributed by atoms with Gasteiger partial charge in [0.2, 0.25) is 11.1 Å². The second kappa shape index (κ2) is 6.95. The van der Waals surface area contributed by atoms with Gasteiger partial charge in [-0.2, -0.15) is 0 Å². The van der Waals surface area contributed by atoms with Crippen molar-refractivity contribution in [1.29, 1.82) is 0 Å². The van der Waals surface area contributed by atoms with E-state index in [1.165, 1.54) is 27.7 Å². The van der Waals surface area contributed by atoms with Crippen molar-refractivity contribution in [3.05, 3.63) is 20.2 Å². The minimum atomic E-state index is -1.47. The number of ether oxygens (including phenoxy) is 2. The first-order chi connectivity index (χ1) is 9.38. The highest BCUT2D eigenvalue weighted by Crippen LogP contribution is 2.10. The Balaban J connectivity index is 4.21. The fraction of sp³-hybridized carbons (Fsp3) is 0.818. The summed E-state index contributed by atoms with van der Waals surface area (Å²) in [4.78, 5) is 42.6. The highest BCUT2D eigenvalue weighted by molar-refractivity contribution is 5.91. The molecule has 0 radical (unpaired) electrons. The number of hydrogen-bond donors (Lipinski definition) is 0. The first-order valence-electron chi connectivity index (χ1n) is 5.99. The highest BCUT2D eigenvalue weighted by atomic mass is 16.6. The zero-order valence-electron chi connectivity index (χ0n) is 12.3. The van der Waals surface area contributed by atoms with Crippen molar-refractivity contribution in [3.63, 3.8) is 0 Å². The van der Waals surface area contributed by atoms with Gasteiger partial charge >= 0.3 is 11.9 Å². The Bertz CT molecular complexity index is 404. The molecule has 0 spiro atoms. The van der Waals surface area contributed by atoms with Crippen molar-refractivity contribution in [2.75, 3.05) is 13.2 Å². The average molecular weight is 306 g/mol. The molecule has 0 saturated heterocycles. The molecule has 0 aliphatic carbocycles. The monoisotopic (exact) mass is 306 g/mol. The largest absolute Gasteiger partial charge is 0.458 e. The van der Waals surface area contributed by atoms with Crippen LogP contribution in [0.2, 0.25) is 0 Å². The number of esters is 2. The molecule has 0 aliphatic rings. The predicted octanol–water partition coefficient (Wildman–Crippen LogP) is 0.574. The molecule has 0 fully saturated rings. The lowest BCUT2D eigenvalue weighted by Gasteiger charge is -2.16. The zero-order valence-corrected chi connectivity index (χ0v) is 12.3. The fourth-order valence-corrected chi connectivity index (χ4v) is 0.840. The lowest BCUT2D eigenvalue weighted by molar-refractivity contribution is -0.563. The van der Waals surface area contributed by atoms with Crippen LogP contribution in [0.1, 0.15) is 34.1 Å². The van der Waals surface area contributed by atoms with Gasteiger partial charge < -0.3 is 9.47 Å². The predicted molar refractivity (Wildman–Crippen MR) is 68.7 cm³/mol. The lowest BCUT2D eigenvalue weighted by Crippen LogP contribution is -2.38. The molecule has 21 heavy (non-hydrogen) atoms. The smallest absolute Gasteiger partial charge is 0.317 e. The van der Waals surface area contributed by atoms with E-state index in [1.54, 1.807) is 0 Å². The number of nitrogens with zero attached hydrogens (tertiary/aromatic N) is 2. The Morgan fingerprint density at radius 1 is 0.857 bits per heavy atom. The van der Waals surface area contributed by atoms with Gasteiger partial charge in [0.1, 0.15) is 6.42 Å². The Labute approximate surface area is 120 Å². The quantitative estimate of drug-likeness (QED) is 0.274. The number of carbonyl (C=O) groups excluding carboxylic acids is 2. The fourth-order valence-electron chi connectivity index (χ4n) is 0.840. The van der Waals surface area contributed by atoms with E-state index in [-0.39, 0.29) is 0 Å². The molecule has 0 aromatic rings. The minimum Gasteiger partial charge on any atom is -0.458 e. The molecule has 0 amide bonds. The second-order valence-corrected chi connectivity index (χ2v) is 5.64. The van der Waals surface area contributed by atoms with Gasteiger partial charge in [0.05, 0.1) is 0 Å². The van der Waals surface area contributed by atoms with Crippen molar-refractivity contribution in [2.24, 2.45) is 0 Å². The van der Waals surface area contributed by atoms with Gasteiger partial charge in [-0.3, -0.25) is 29.8 Å². The summed E-state index contributed by atoms with van der Waals surface area (Å²) in [5, 5.41) is 21.2. The van der Waals surface area contributed by atoms with Crippen LogP contribution in [0.4, 0.5) is 0 Å². The summed E-state index contributed by atoms with van der Waals surface area (Å²) < 4.78 is 9.21. The summed E-state index contributed by atoms with van der Waals surface area (Å²) >= 11 is 0. The molecule has 0 rings (SSSR count). The first kappa shape index (κ1) is 18.7. The van der Waals surface area contributed by atoms with Crippen LogP contribution >= 0.6 is 0 Å². The Morgan fingerprint density at radius 3 is 1.38 bits per heavy atom. The van der Waals surface area contributed by atoms with E-state index in [4.69, 9.17) is 0 Å². The Morgan fingerprint density at radius 2 is 1.14 bits per heavy atom. The Kier molecular flexibility index (Phi) is 6.20. The molecule has 0 N–H and O–H groups in total. The van der Waals surface area contributed by atoms with Crippen LogP contribution in [-0.2, 0) is 19.1 Å². The summed E-state index contributed by atoms with van der Waals surface area (Å²) in [6, 6.07) is 0. The van der Waals surface area contributed by atoms with E-state index in [9.17, 15) is 29.8 Å². The van der Waals surface area contributed by atoms with Crippen LogP contribution < -0.4 is 0 Å². The number of rotatable bonds is 8. The van der Waals surface area contributed by atoms with E-state index >= 15 is 0 Å². The van der Waals surface area contributed by atoms with Gasteiger partial charge in [-0.15, -0.1) is 0 Å².